The lowest BCUT2D eigenvalue weighted by molar-refractivity contribution is 0.650. The Kier molecular flexibility index (Phi) is 3.71. The van der Waals surface area contributed by atoms with Crippen LogP contribution < -0.4 is 5.32 Å². The molecule has 13 heavy (non-hydrogen) atoms. The number of hydrogen-bond donors (Lipinski definition) is 1. The molecule has 0 saturated heterocycles. The SMILES string of the molecule is C=CCNCc1cc(CC)nn1C. The lowest BCUT2D eigenvalue weighted by Crippen LogP contribution is -2.15. The summed E-state index contributed by atoms with van der Waals surface area (Å²) < 4.78 is 1.93. The van der Waals surface area contributed by atoms with Gasteiger partial charge in [-0.3, -0.25) is 4.68 Å². The smallest absolute Gasteiger partial charge is 0.0625 e. The second-order valence-corrected chi connectivity index (χ2v) is 3.02. The Labute approximate surface area is 79.5 Å². The lowest BCUT2D eigenvalue weighted by atomic mass is 10.3. The van der Waals surface area contributed by atoms with Gasteiger partial charge in [0, 0.05) is 20.1 Å². The van der Waals surface area contributed by atoms with E-state index in [0.29, 0.717) is 0 Å². The van der Waals surface area contributed by atoms with Gasteiger partial charge in [0.25, 0.3) is 0 Å². The van der Waals surface area contributed by atoms with E-state index in [1.165, 1.54) is 5.69 Å². The Bertz CT molecular complexity index is 276. The van der Waals surface area contributed by atoms with Gasteiger partial charge in [-0.05, 0) is 12.5 Å². The highest BCUT2D eigenvalue weighted by atomic mass is 15.3. The maximum Gasteiger partial charge on any atom is 0.0625 e. The van der Waals surface area contributed by atoms with Crippen molar-refractivity contribution >= 4 is 0 Å². The van der Waals surface area contributed by atoms with E-state index in [2.05, 4.69) is 30.0 Å². The van der Waals surface area contributed by atoms with E-state index in [0.717, 1.165) is 25.2 Å². The molecule has 1 N–H and O–H groups in total. The highest BCUT2D eigenvalue weighted by Gasteiger charge is 2.01. The number of rotatable bonds is 5. The maximum absolute atomic E-state index is 4.36. The summed E-state index contributed by atoms with van der Waals surface area (Å²) in [5, 5.41) is 7.61. The molecule has 3 nitrogen and oxygen atoms in total. The Balaban J connectivity index is 2.54. The van der Waals surface area contributed by atoms with E-state index in [1.54, 1.807) is 0 Å². The Morgan fingerprint density at radius 1 is 1.69 bits per heavy atom. The summed E-state index contributed by atoms with van der Waals surface area (Å²) in [4.78, 5) is 0. The van der Waals surface area contributed by atoms with Crippen LogP contribution in [0.3, 0.4) is 0 Å². The first-order valence-corrected chi connectivity index (χ1v) is 4.61. The molecule has 1 aromatic rings. The molecule has 1 rings (SSSR count). The molecule has 0 amide bonds. The molecule has 0 atom stereocenters. The van der Waals surface area contributed by atoms with Crippen molar-refractivity contribution in [2.75, 3.05) is 6.54 Å². The van der Waals surface area contributed by atoms with Crippen molar-refractivity contribution in [3.63, 3.8) is 0 Å². The van der Waals surface area contributed by atoms with Crippen LogP contribution in [0.25, 0.3) is 0 Å². The molecule has 0 radical (unpaired) electrons. The van der Waals surface area contributed by atoms with Crippen molar-refractivity contribution in [1.82, 2.24) is 15.1 Å². The number of aryl methyl sites for hydroxylation is 2. The molecule has 0 aromatic carbocycles. The summed E-state index contributed by atoms with van der Waals surface area (Å²) in [6.07, 6.45) is 2.85. The number of nitrogens with zero attached hydrogens (tertiary/aromatic N) is 2. The first-order chi connectivity index (χ1) is 6.27. The predicted molar refractivity (Wildman–Crippen MR) is 54.5 cm³/mol. The quantitative estimate of drug-likeness (QED) is 0.544. The van der Waals surface area contributed by atoms with Crippen LogP contribution in [0.2, 0.25) is 0 Å². The van der Waals surface area contributed by atoms with Gasteiger partial charge < -0.3 is 5.32 Å². The van der Waals surface area contributed by atoms with E-state index in [1.807, 2.05) is 17.8 Å². The van der Waals surface area contributed by atoms with E-state index < -0.39 is 0 Å². The van der Waals surface area contributed by atoms with E-state index in [4.69, 9.17) is 0 Å². The summed E-state index contributed by atoms with van der Waals surface area (Å²) in [5.41, 5.74) is 2.37. The summed E-state index contributed by atoms with van der Waals surface area (Å²) in [6.45, 7) is 7.46. The van der Waals surface area contributed by atoms with Gasteiger partial charge >= 0.3 is 0 Å². The third kappa shape index (κ3) is 2.70. The maximum atomic E-state index is 4.36. The first kappa shape index (κ1) is 9.99. The number of hydrogen-bond acceptors (Lipinski definition) is 2. The van der Waals surface area contributed by atoms with Crippen LogP contribution in [0, 0.1) is 0 Å². The highest BCUT2D eigenvalue weighted by molar-refractivity contribution is 5.09. The van der Waals surface area contributed by atoms with Gasteiger partial charge in [-0.1, -0.05) is 13.0 Å². The van der Waals surface area contributed by atoms with E-state index >= 15 is 0 Å². The molecule has 0 bridgehead atoms. The number of nitrogens with one attached hydrogen (secondary N) is 1. The Morgan fingerprint density at radius 2 is 2.46 bits per heavy atom. The summed E-state index contributed by atoms with van der Waals surface area (Å²) in [6, 6.07) is 2.14. The highest BCUT2D eigenvalue weighted by Crippen LogP contribution is 2.02. The second kappa shape index (κ2) is 4.82. The van der Waals surface area contributed by atoms with Crippen molar-refractivity contribution < 1.29 is 0 Å². The van der Waals surface area contributed by atoms with Crippen LogP contribution in [0.4, 0.5) is 0 Å². The monoisotopic (exact) mass is 179 g/mol. The standard InChI is InChI=1S/C10H17N3/c1-4-6-11-8-10-7-9(5-2)12-13(10)3/h4,7,11H,1,5-6,8H2,2-3H3. The average molecular weight is 179 g/mol. The van der Waals surface area contributed by atoms with Crippen LogP contribution >= 0.6 is 0 Å². The zero-order valence-electron chi connectivity index (χ0n) is 8.38. The molecule has 0 fully saturated rings. The molecular weight excluding hydrogens is 162 g/mol. The minimum atomic E-state index is 0.840. The lowest BCUT2D eigenvalue weighted by Gasteiger charge is -2.00. The van der Waals surface area contributed by atoms with Crippen LogP contribution in [0.1, 0.15) is 18.3 Å². The van der Waals surface area contributed by atoms with Gasteiger partial charge in [0.05, 0.1) is 11.4 Å². The fourth-order valence-corrected chi connectivity index (χ4v) is 1.21. The average Bonchev–Trinajstić information content (AvgIpc) is 2.48. The van der Waals surface area contributed by atoms with Crippen molar-refractivity contribution in [3.8, 4) is 0 Å². The third-order valence-electron chi connectivity index (χ3n) is 1.98. The van der Waals surface area contributed by atoms with Gasteiger partial charge in [-0.2, -0.15) is 5.10 Å². The number of aromatic nitrogens is 2. The molecule has 0 saturated carbocycles. The molecule has 3 heteroatoms. The molecule has 0 aliphatic carbocycles. The van der Waals surface area contributed by atoms with Crippen molar-refractivity contribution in [3.05, 3.63) is 30.1 Å². The molecular formula is C10H17N3. The van der Waals surface area contributed by atoms with Crippen molar-refractivity contribution in [1.29, 1.82) is 0 Å². The third-order valence-corrected chi connectivity index (χ3v) is 1.98. The fourth-order valence-electron chi connectivity index (χ4n) is 1.21. The molecule has 1 heterocycles. The normalized spacial score (nSPS) is 10.3. The Morgan fingerprint density at radius 3 is 3.00 bits per heavy atom. The minimum absolute atomic E-state index is 0.840. The molecule has 1 aromatic heterocycles. The molecule has 0 aliphatic rings. The van der Waals surface area contributed by atoms with Gasteiger partial charge in [0.2, 0.25) is 0 Å². The van der Waals surface area contributed by atoms with E-state index in [9.17, 15) is 0 Å². The summed E-state index contributed by atoms with van der Waals surface area (Å²) in [5.74, 6) is 0. The Hall–Kier alpha value is -1.09. The van der Waals surface area contributed by atoms with Crippen LogP contribution in [-0.2, 0) is 20.0 Å². The summed E-state index contributed by atoms with van der Waals surface area (Å²) in [7, 11) is 1.98. The largest absolute Gasteiger partial charge is 0.308 e. The summed E-state index contributed by atoms with van der Waals surface area (Å²) >= 11 is 0. The molecule has 72 valence electrons. The van der Waals surface area contributed by atoms with Gasteiger partial charge in [0.1, 0.15) is 0 Å². The first-order valence-electron chi connectivity index (χ1n) is 4.61. The minimum Gasteiger partial charge on any atom is -0.308 e. The molecule has 0 spiro atoms. The zero-order chi connectivity index (χ0) is 9.68. The van der Waals surface area contributed by atoms with Gasteiger partial charge in [-0.25, -0.2) is 0 Å². The second-order valence-electron chi connectivity index (χ2n) is 3.02. The van der Waals surface area contributed by atoms with Crippen molar-refractivity contribution in [2.45, 2.75) is 19.9 Å². The topological polar surface area (TPSA) is 29.9 Å². The van der Waals surface area contributed by atoms with Crippen LogP contribution in [0.15, 0.2) is 18.7 Å². The van der Waals surface area contributed by atoms with Gasteiger partial charge in [0.15, 0.2) is 0 Å². The van der Waals surface area contributed by atoms with E-state index in [-0.39, 0.29) is 0 Å². The van der Waals surface area contributed by atoms with Gasteiger partial charge in [-0.15, -0.1) is 6.58 Å². The predicted octanol–water partition coefficient (Wildman–Crippen LogP) is 1.26. The van der Waals surface area contributed by atoms with Crippen LogP contribution in [0.5, 0.6) is 0 Å². The van der Waals surface area contributed by atoms with Crippen LogP contribution in [-0.4, -0.2) is 16.3 Å². The zero-order valence-corrected chi connectivity index (χ0v) is 8.38. The molecule has 0 unspecified atom stereocenters. The fraction of sp³-hybridized carbons (Fsp3) is 0.500. The van der Waals surface area contributed by atoms with Crippen molar-refractivity contribution in [2.24, 2.45) is 7.05 Å². The molecule has 0 aliphatic heterocycles.